The summed E-state index contributed by atoms with van der Waals surface area (Å²) in [5.74, 6) is 0.591. The van der Waals surface area contributed by atoms with Gasteiger partial charge in [-0.25, -0.2) is 0 Å². The van der Waals surface area contributed by atoms with Crippen molar-refractivity contribution < 1.29 is 5.11 Å². The van der Waals surface area contributed by atoms with E-state index in [0.717, 1.165) is 39.3 Å². The normalized spacial score (nSPS) is 23.4. The third-order valence-corrected chi connectivity index (χ3v) is 4.21. The highest BCUT2D eigenvalue weighted by molar-refractivity contribution is 5.08. The van der Waals surface area contributed by atoms with Crippen molar-refractivity contribution in [2.75, 3.05) is 32.7 Å². The van der Waals surface area contributed by atoms with E-state index in [1.165, 1.54) is 18.4 Å². The Morgan fingerprint density at radius 3 is 2.58 bits per heavy atom. The van der Waals surface area contributed by atoms with Crippen molar-refractivity contribution in [3.05, 3.63) is 30.1 Å². The molecule has 0 unspecified atom stereocenters. The zero-order valence-electron chi connectivity index (χ0n) is 11.4. The zero-order valence-corrected chi connectivity index (χ0v) is 11.4. The summed E-state index contributed by atoms with van der Waals surface area (Å²) in [6, 6.07) is 4.13. The molecule has 1 aliphatic heterocycles. The first-order chi connectivity index (χ1) is 9.31. The SMILES string of the molecule is O[C@@H](CN1CCN(Cc2cccnc2)CC1)C1CC1. The van der Waals surface area contributed by atoms with Crippen LogP contribution in [0.5, 0.6) is 0 Å². The third-order valence-electron chi connectivity index (χ3n) is 4.21. The molecule has 1 saturated carbocycles. The number of hydrogen-bond donors (Lipinski definition) is 1. The number of piperazine rings is 1. The molecule has 19 heavy (non-hydrogen) atoms. The number of hydrogen-bond acceptors (Lipinski definition) is 4. The molecule has 0 radical (unpaired) electrons. The molecule has 4 heteroatoms. The predicted octanol–water partition coefficient (Wildman–Crippen LogP) is 0.970. The van der Waals surface area contributed by atoms with Crippen LogP contribution in [0.1, 0.15) is 18.4 Å². The van der Waals surface area contributed by atoms with Crippen molar-refractivity contribution in [2.45, 2.75) is 25.5 Å². The highest BCUT2D eigenvalue weighted by atomic mass is 16.3. The van der Waals surface area contributed by atoms with Gasteiger partial charge in [-0.3, -0.25) is 14.8 Å². The monoisotopic (exact) mass is 261 g/mol. The van der Waals surface area contributed by atoms with E-state index in [0.29, 0.717) is 5.92 Å². The van der Waals surface area contributed by atoms with E-state index in [9.17, 15) is 5.11 Å². The maximum Gasteiger partial charge on any atom is 0.0695 e. The van der Waals surface area contributed by atoms with Crippen LogP contribution in [0.4, 0.5) is 0 Å². The standard InChI is InChI=1S/C15H23N3O/c19-15(14-3-4-14)12-18-8-6-17(7-9-18)11-13-2-1-5-16-10-13/h1-2,5,10,14-15,19H,3-4,6-9,11-12H2/t15-/m0/s1. The Hall–Kier alpha value is -0.970. The van der Waals surface area contributed by atoms with Gasteiger partial charge in [0.2, 0.25) is 0 Å². The first-order valence-electron chi connectivity index (χ1n) is 7.33. The summed E-state index contributed by atoms with van der Waals surface area (Å²) in [6.07, 6.45) is 6.12. The number of aliphatic hydroxyl groups excluding tert-OH is 1. The van der Waals surface area contributed by atoms with Crippen molar-refractivity contribution in [3.8, 4) is 0 Å². The zero-order chi connectivity index (χ0) is 13.1. The van der Waals surface area contributed by atoms with Gasteiger partial charge in [-0.05, 0) is 30.4 Å². The molecule has 1 atom stereocenters. The molecule has 0 spiro atoms. The summed E-state index contributed by atoms with van der Waals surface area (Å²) in [5, 5.41) is 9.98. The van der Waals surface area contributed by atoms with E-state index in [-0.39, 0.29) is 6.10 Å². The molecule has 1 aromatic rings. The smallest absolute Gasteiger partial charge is 0.0695 e. The van der Waals surface area contributed by atoms with Crippen molar-refractivity contribution in [2.24, 2.45) is 5.92 Å². The fourth-order valence-corrected chi connectivity index (χ4v) is 2.77. The van der Waals surface area contributed by atoms with Gasteiger partial charge in [-0.2, -0.15) is 0 Å². The van der Waals surface area contributed by atoms with Crippen LogP contribution in [0, 0.1) is 5.92 Å². The number of nitrogens with zero attached hydrogens (tertiary/aromatic N) is 3. The molecule has 0 amide bonds. The van der Waals surface area contributed by atoms with Gasteiger partial charge in [-0.15, -0.1) is 0 Å². The van der Waals surface area contributed by atoms with Gasteiger partial charge in [0.25, 0.3) is 0 Å². The molecule has 1 aliphatic carbocycles. The van der Waals surface area contributed by atoms with Gasteiger partial charge in [0.05, 0.1) is 6.10 Å². The van der Waals surface area contributed by atoms with Gasteiger partial charge in [0.15, 0.2) is 0 Å². The van der Waals surface area contributed by atoms with E-state index in [2.05, 4.69) is 20.9 Å². The maximum absolute atomic E-state index is 9.98. The molecule has 1 aromatic heterocycles. The fraction of sp³-hybridized carbons (Fsp3) is 0.667. The summed E-state index contributed by atoms with van der Waals surface area (Å²) < 4.78 is 0. The van der Waals surface area contributed by atoms with E-state index in [4.69, 9.17) is 0 Å². The van der Waals surface area contributed by atoms with Crippen LogP contribution in [0.2, 0.25) is 0 Å². The average molecular weight is 261 g/mol. The van der Waals surface area contributed by atoms with Crippen LogP contribution < -0.4 is 0 Å². The molecular formula is C15H23N3O. The van der Waals surface area contributed by atoms with Crippen molar-refractivity contribution in [1.82, 2.24) is 14.8 Å². The second kappa shape index (κ2) is 5.99. The summed E-state index contributed by atoms with van der Waals surface area (Å²) in [7, 11) is 0. The third kappa shape index (κ3) is 3.75. The summed E-state index contributed by atoms with van der Waals surface area (Å²) in [5.41, 5.74) is 1.29. The summed E-state index contributed by atoms with van der Waals surface area (Å²) in [4.78, 5) is 9.04. The Labute approximate surface area is 115 Å². The van der Waals surface area contributed by atoms with Crippen LogP contribution in [0.3, 0.4) is 0 Å². The van der Waals surface area contributed by atoms with Crippen molar-refractivity contribution >= 4 is 0 Å². The molecular weight excluding hydrogens is 238 g/mol. The molecule has 1 saturated heterocycles. The Kier molecular flexibility index (Phi) is 4.11. The molecule has 2 aliphatic rings. The first kappa shape index (κ1) is 13.0. The minimum absolute atomic E-state index is 0.0927. The predicted molar refractivity (Wildman–Crippen MR) is 74.7 cm³/mol. The Morgan fingerprint density at radius 2 is 1.95 bits per heavy atom. The number of β-amino-alcohol motifs (C(OH)–C–C–N with tert-alkyl or cyclic N) is 1. The molecule has 0 aromatic carbocycles. The quantitative estimate of drug-likeness (QED) is 0.857. The second-order valence-corrected chi connectivity index (χ2v) is 5.84. The van der Waals surface area contributed by atoms with Gasteiger partial charge < -0.3 is 5.11 Å². The van der Waals surface area contributed by atoms with E-state index in [1.54, 1.807) is 0 Å². The van der Waals surface area contributed by atoms with Gasteiger partial charge in [0.1, 0.15) is 0 Å². The largest absolute Gasteiger partial charge is 0.392 e. The number of aliphatic hydroxyl groups is 1. The lowest BCUT2D eigenvalue weighted by Gasteiger charge is -2.35. The van der Waals surface area contributed by atoms with Gasteiger partial charge >= 0.3 is 0 Å². The van der Waals surface area contributed by atoms with Gasteiger partial charge in [-0.1, -0.05) is 6.07 Å². The first-order valence-corrected chi connectivity index (χ1v) is 7.33. The molecule has 104 valence electrons. The lowest BCUT2D eigenvalue weighted by atomic mass is 10.2. The number of aromatic nitrogens is 1. The van der Waals surface area contributed by atoms with Crippen molar-refractivity contribution in [3.63, 3.8) is 0 Å². The Balaban J connectivity index is 1.41. The second-order valence-electron chi connectivity index (χ2n) is 5.84. The van der Waals surface area contributed by atoms with Crippen LogP contribution in [0.15, 0.2) is 24.5 Å². The van der Waals surface area contributed by atoms with Crippen LogP contribution in [-0.2, 0) is 6.54 Å². The number of pyridine rings is 1. The van der Waals surface area contributed by atoms with E-state index >= 15 is 0 Å². The van der Waals surface area contributed by atoms with Crippen LogP contribution in [-0.4, -0.2) is 58.7 Å². The molecule has 2 heterocycles. The van der Waals surface area contributed by atoms with Crippen molar-refractivity contribution in [1.29, 1.82) is 0 Å². The Morgan fingerprint density at radius 1 is 1.21 bits per heavy atom. The van der Waals surface area contributed by atoms with Crippen LogP contribution in [0.25, 0.3) is 0 Å². The van der Waals surface area contributed by atoms with Crippen LogP contribution >= 0.6 is 0 Å². The fourth-order valence-electron chi connectivity index (χ4n) is 2.77. The maximum atomic E-state index is 9.98. The highest BCUT2D eigenvalue weighted by Crippen LogP contribution is 2.32. The molecule has 0 bridgehead atoms. The lowest BCUT2D eigenvalue weighted by molar-refractivity contribution is 0.0601. The summed E-state index contributed by atoms with van der Waals surface area (Å²) in [6.45, 7) is 6.19. The molecule has 1 N–H and O–H groups in total. The topological polar surface area (TPSA) is 39.6 Å². The molecule has 4 nitrogen and oxygen atoms in total. The van der Waals surface area contributed by atoms with E-state index in [1.807, 2.05) is 18.5 Å². The highest BCUT2D eigenvalue weighted by Gasteiger charge is 2.31. The minimum atomic E-state index is -0.0927. The Bertz CT molecular complexity index is 386. The summed E-state index contributed by atoms with van der Waals surface area (Å²) >= 11 is 0. The number of rotatable bonds is 5. The van der Waals surface area contributed by atoms with Gasteiger partial charge in [0, 0.05) is 51.7 Å². The molecule has 3 rings (SSSR count). The lowest BCUT2D eigenvalue weighted by Crippen LogP contribution is -2.48. The minimum Gasteiger partial charge on any atom is -0.392 e. The average Bonchev–Trinajstić information content (AvgIpc) is 3.27. The van der Waals surface area contributed by atoms with E-state index < -0.39 is 0 Å². The molecule has 2 fully saturated rings.